The molecule has 0 aromatic heterocycles. The molecule has 0 radical (unpaired) electrons. The largest absolute Gasteiger partial charge is 0.486 e. The van der Waals surface area contributed by atoms with Crippen LogP contribution in [-0.2, 0) is 0 Å². The van der Waals surface area contributed by atoms with Gasteiger partial charge in [0, 0.05) is 6.54 Å². The zero-order valence-corrected chi connectivity index (χ0v) is 10.1. The van der Waals surface area contributed by atoms with Crippen LogP contribution in [0.5, 0.6) is 5.75 Å². The molecule has 90 valence electrons. The fourth-order valence-electron chi connectivity index (χ4n) is 1.80. The second kappa shape index (κ2) is 6.06. The number of hydrogen-bond donors (Lipinski definition) is 1. The molecule has 1 aromatic carbocycles. The van der Waals surface area contributed by atoms with Crippen LogP contribution in [-0.4, -0.2) is 19.2 Å². The highest BCUT2D eigenvalue weighted by Gasteiger charge is 2.15. The standard InChI is InChI=1S/C12H16FNO.ClH/c1-9-4-5-12(11(13)7-9)15-10-3-2-6-14-8-10;/h4-5,7,10,14H,2-3,6,8H2,1H3;1H. The van der Waals surface area contributed by atoms with Crippen molar-refractivity contribution in [3.05, 3.63) is 29.6 Å². The van der Waals surface area contributed by atoms with Crippen molar-refractivity contribution in [1.29, 1.82) is 0 Å². The first kappa shape index (κ1) is 13.3. The normalized spacial score (nSPS) is 20.0. The van der Waals surface area contributed by atoms with Gasteiger partial charge in [-0.3, -0.25) is 0 Å². The number of ether oxygens (including phenoxy) is 1. The van der Waals surface area contributed by atoms with E-state index in [0.717, 1.165) is 31.5 Å². The van der Waals surface area contributed by atoms with Crippen LogP contribution in [0.15, 0.2) is 18.2 Å². The maximum atomic E-state index is 13.5. The average Bonchev–Trinajstić information content (AvgIpc) is 2.24. The highest BCUT2D eigenvalue weighted by molar-refractivity contribution is 5.85. The van der Waals surface area contributed by atoms with E-state index in [0.29, 0.717) is 5.75 Å². The van der Waals surface area contributed by atoms with Gasteiger partial charge in [0.05, 0.1) is 0 Å². The lowest BCUT2D eigenvalue weighted by Crippen LogP contribution is -2.37. The number of piperidine rings is 1. The fraction of sp³-hybridized carbons (Fsp3) is 0.500. The molecule has 0 bridgehead atoms. The maximum absolute atomic E-state index is 13.5. The Labute approximate surface area is 102 Å². The molecule has 1 saturated heterocycles. The van der Waals surface area contributed by atoms with E-state index in [1.165, 1.54) is 6.07 Å². The Kier molecular flexibility index (Phi) is 5.03. The second-order valence-corrected chi connectivity index (χ2v) is 4.02. The molecule has 0 saturated carbocycles. The summed E-state index contributed by atoms with van der Waals surface area (Å²) in [6, 6.07) is 5.08. The Bertz CT molecular complexity index is 340. The average molecular weight is 246 g/mol. The molecule has 1 aliphatic heterocycles. The van der Waals surface area contributed by atoms with Crippen LogP contribution in [0.3, 0.4) is 0 Å². The summed E-state index contributed by atoms with van der Waals surface area (Å²) in [7, 11) is 0. The third-order valence-electron chi connectivity index (χ3n) is 2.63. The van der Waals surface area contributed by atoms with Crippen molar-refractivity contribution < 1.29 is 9.13 Å². The minimum absolute atomic E-state index is 0. The first-order chi connectivity index (χ1) is 7.25. The number of aryl methyl sites for hydroxylation is 1. The van der Waals surface area contributed by atoms with Crippen LogP contribution < -0.4 is 10.1 Å². The lowest BCUT2D eigenvalue weighted by atomic mass is 10.1. The summed E-state index contributed by atoms with van der Waals surface area (Å²) in [4.78, 5) is 0. The monoisotopic (exact) mass is 245 g/mol. The Balaban J connectivity index is 0.00000128. The number of nitrogens with one attached hydrogen (secondary N) is 1. The molecule has 2 nitrogen and oxygen atoms in total. The highest BCUT2D eigenvalue weighted by Crippen LogP contribution is 2.20. The van der Waals surface area contributed by atoms with E-state index >= 15 is 0 Å². The fourth-order valence-corrected chi connectivity index (χ4v) is 1.80. The van der Waals surface area contributed by atoms with Crippen LogP contribution in [0.25, 0.3) is 0 Å². The third kappa shape index (κ3) is 3.35. The molecule has 1 heterocycles. The smallest absolute Gasteiger partial charge is 0.165 e. The zero-order chi connectivity index (χ0) is 10.7. The number of benzene rings is 1. The van der Waals surface area contributed by atoms with Gasteiger partial charge in [-0.1, -0.05) is 6.07 Å². The van der Waals surface area contributed by atoms with Gasteiger partial charge in [-0.05, 0) is 44.0 Å². The van der Waals surface area contributed by atoms with Crippen LogP contribution >= 0.6 is 12.4 Å². The molecule has 1 N–H and O–H groups in total. The summed E-state index contributed by atoms with van der Waals surface area (Å²) in [5.41, 5.74) is 0.918. The number of rotatable bonds is 2. The van der Waals surface area contributed by atoms with Crippen LogP contribution in [0.1, 0.15) is 18.4 Å². The van der Waals surface area contributed by atoms with Gasteiger partial charge in [0.2, 0.25) is 0 Å². The van der Waals surface area contributed by atoms with Crippen molar-refractivity contribution >= 4 is 12.4 Å². The molecule has 1 aliphatic rings. The quantitative estimate of drug-likeness (QED) is 0.865. The third-order valence-corrected chi connectivity index (χ3v) is 2.63. The van der Waals surface area contributed by atoms with E-state index in [1.807, 2.05) is 13.0 Å². The van der Waals surface area contributed by atoms with Crippen molar-refractivity contribution in [3.8, 4) is 5.75 Å². The van der Waals surface area contributed by atoms with Crippen LogP contribution in [0.4, 0.5) is 4.39 Å². The van der Waals surface area contributed by atoms with Crippen molar-refractivity contribution in [2.45, 2.75) is 25.9 Å². The van der Waals surface area contributed by atoms with E-state index in [1.54, 1.807) is 6.07 Å². The predicted octanol–water partition coefficient (Wildman–Crippen LogP) is 2.69. The minimum Gasteiger partial charge on any atom is -0.486 e. The molecule has 4 heteroatoms. The summed E-state index contributed by atoms with van der Waals surface area (Å²) in [5, 5.41) is 3.24. The van der Waals surface area contributed by atoms with Gasteiger partial charge in [-0.15, -0.1) is 12.4 Å². The van der Waals surface area contributed by atoms with Crippen molar-refractivity contribution in [3.63, 3.8) is 0 Å². The van der Waals surface area contributed by atoms with Crippen molar-refractivity contribution in [1.82, 2.24) is 5.32 Å². The molecule has 0 amide bonds. The maximum Gasteiger partial charge on any atom is 0.165 e. The van der Waals surface area contributed by atoms with Gasteiger partial charge in [-0.25, -0.2) is 4.39 Å². The Morgan fingerprint density at radius 2 is 2.25 bits per heavy atom. The van der Waals surface area contributed by atoms with E-state index in [-0.39, 0.29) is 24.3 Å². The molecule has 1 unspecified atom stereocenters. The molecule has 1 aromatic rings. The highest BCUT2D eigenvalue weighted by atomic mass is 35.5. The molecular weight excluding hydrogens is 229 g/mol. The van der Waals surface area contributed by atoms with Gasteiger partial charge in [0.1, 0.15) is 6.10 Å². The minimum atomic E-state index is -0.263. The summed E-state index contributed by atoms with van der Waals surface area (Å²) < 4.78 is 19.1. The zero-order valence-electron chi connectivity index (χ0n) is 9.33. The van der Waals surface area contributed by atoms with E-state index < -0.39 is 0 Å². The Hall–Kier alpha value is -0.800. The summed E-state index contributed by atoms with van der Waals surface area (Å²) >= 11 is 0. The lowest BCUT2D eigenvalue weighted by Gasteiger charge is -2.24. The summed E-state index contributed by atoms with van der Waals surface area (Å²) in [6.07, 6.45) is 2.20. The molecule has 16 heavy (non-hydrogen) atoms. The van der Waals surface area contributed by atoms with Gasteiger partial charge >= 0.3 is 0 Å². The predicted molar refractivity (Wildman–Crippen MR) is 64.9 cm³/mol. The van der Waals surface area contributed by atoms with E-state index in [4.69, 9.17) is 4.74 Å². The summed E-state index contributed by atoms with van der Waals surface area (Å²) in [6.45, 7) is 3.72. The first-order valence-corrected chi connectivity index (χ1v) is 5.39. The van der Waals surface area contributed by atoms with Gasteiger partial charge in [0.25, 0.3) is 0 Å². The first-order valence-electron chi connectivity index (χ1n) is 5.39. The Morgan fingerprint density at radius 1 is 1.44 bits per heavy atom. The Morgan fingerprint density at radius 3 is 2.88 bits per heavy atom. The lowest BCUT2D eigenvalue weighted by molar-refractivity contribution is 0.160. The van der Waals surface area contributed by atoms with Crippen LogP contribution in [0, 0.1) is 12.7 Å². The molecule has 1 atom stereocenters. The molecule has 1 fully saturated rings. The molecular formula is C12H17ClFNO. The topological polar surface area (TPSA) is 21.3 Å². The van der Waals surface area contributed by atoms with Crippen LogP contribution in [0.2, 0.25) is 0 Å². The molecule has 0 aliphatic carbocycles. The van der Waals surface area contributed by atoms with Crippen molar-refractivity contribution in [2.24, 2.45) is 0 Å². The van der Waals surface area contributed by atoms with Gasteiger partial charge in [-0.2, -0.15) is 0 Å². The molecule has 0 spiro atoms. The van der Waals surface area contributed by atoms with E-state index in [2.05, 4.69) is 5.32 Å². The van der Waals surface area contributed by atoms with Crippen molar-refractivity contribution in [2.75, 3.05) is 13.1 Å². The van der Waals surface area contributed by atoms with Gasteiger partial charge in [0.15, 0.2) is 11.6 Å². The van der Waals surface area contributed by atoms with Gasteiger partial charge < -0.3 is 10.1 Å². The SMILES string of the molecule is Cc1ccc(OC2CCCNC2)c(F)c1.Cl. The summed E-state index contributed by atoms with van der Waals surface area (Å²) in [5.74, 6) is 0.106. The molecule has 2 rings (SSSR count). The second-order valence-electron chi connectivity index (χ2n) is 4.02. The number of hydrogen-bond acceptors (Lipinski definition) is 2. The number of halogens is 2. The van der Waals surface area contributed by atoms with E-state index in [9.17, 15) is 4.39 Å².